The molecule has 3 aromatic heterocycles. The van der Waals surface area contributed by atoms with E-state index in [4.69, 9.17) is 4.74 Å². The van der Waals surface area contributed by atoms with Gasteiger partial charge in [0.2, 0.25) is 11.8 Å². The molecule has 3 heterocycles. The highest BCUT2D eigenvalue weighted by Gasteiger charge is 2.13. The summed E-state index contributed by atoms with van der Waals surface area (Å²) in [5.41, 5.74) is 1.88. The van der Waals surface area contributed by atoms with Crippen molar-refractivity contribution in [2.24, 2.45) is 0 Å². The Labute approximate surface area is 179 Å². The molecule has 9 heteroatoms. The molecule has 0 radical (unpaired) electrons. The first-order chi connectivity index (χ1) is 15.2. The first-order valence-electron chi connectivity index (χ1n) is 9.19. The molecule has 2 aromatic carbocycles. The Morgan fingerprint density at radius 2 is 1.74 bits per heavy atom. The topological polar surface area (TPSA) is 72.8 Å². The van der Waals surface area contributed by atoms with Crippen molar-refractivity contribution in [1.82, 2.24) is 19.9 Å². The first kappa shape index (κ1) is 19.0. The largest absolute Gasteiger partial charge is 0.437 e. The predicted molar refractivity (Wildman–Crippen MR) is 115 cm³/mol. The Morgan fingerprint density at radius 3 is 2.58 bits per heavy atom. The van der Waals surface area contributed by atoms with Gasteiger partial charge in [0.25, 0.3) is 0 Å². The van der Waals surface area contributed by atoms with Crippen LogP contribution in [0.25, 0.3) is 21.5 Å². The number of ether oxygens (including phenoxy) is 1. The number of nitrogens with zero attached hydrogens (tertiary/aromatic N) is 4. The minimum atomic E-state index is -0.648. The third-order valence-corrected chi connectivity index (χ3v) is 5.31. The van der Waals surface area contributed by atoms with E-state index in [1.165, 1.54) is 42.1 Å². The molecule has 0 amide bonds. The van der Waals surface area contributed by atoms with Crippen molar-refractivity contribution in [1.29, 1.82) is 0 Å². The molecule has 0 saturated carbocycles. The van der Waals surface area contributed by atoms with Crippen molar-refractivity contribution in [3.8, 4) is 22.9 Å². The smallest absolute Gasteiger partial charge is 0.246 e. The lowest BCUT2D eigenvalue weighted by Gasteiger charge is -2.10. The summed E-state index contributed by atoms with van der Waals surface area (Å²) in [7, 11) is 0. The van der Waals surface area contributed by atoms with E-state index in [0.29, 0.717) is 16.4 Å². The monoisotopic (exact) mass is 433 g/mol. The van der Waals surface area contributed by atoms with Gasteiger partial charge in [0.05, 0.1) is 15.9 Å². The van der Waals surface area contributed by atoms with E-state index in [9.17, 15) is 8.78 Å². The van der Waals surface area contributed by atoms with Gasteiger partial charge in [-0.05, 0) is 30.3 Å². The summed E-state index contributed by atoms with van der Waals surface area (Å²) in [5.74, 6) is -0.814. The molecule has 0 saturated heterocycles. The van der Waals surface area contributed by atoms with Gasteiger partial charge in [0, 0.05) is 36.3 Å². The molecule has 152 valence electrons. The standard InChI is InChI=1S/C22H13F2N5OS/c23-15-12-14(5-6-16(15)28-22-29-17-3-1-2-4-18(17)31-22)30-21-20(26-9-10-27-21)13-7-8-25-19(24)11-13/h1-12H,(H,28,29). The molecule has 31 heavy (non-hydrogen) atoms. The Bertz CT molecular complexity index is 1360. The molecular formula is C22H13F2N5OS. The minimum absolute atomic E-state index is 0.124. The number of benzene rings is 2. The third-order valence-electron chi connectivity index (χ3n) is 4.36. The Kier molecular flexibility index (Phi) is 4.93. The van der Waals surface area contributed by atoms with Gasteiger partial charge in [-0.2, -0.15) is 4.39 Å². The number of hydrogen-bond acceptors (Lipinski definition) is 7. The second kappa shape index (κ2) is 8.04. The molecule has 6 nitrogen and oxygen atoms in total. The number of fused-ring (bicyclic) bond motifs is 1. The molecule has 0 atom stereocenters. The second-order valence-corrected chi connectivity index (χ2v) is 7.46. The molecule has 0 aliphatic heterocycles. The molecular weight excluding hydrogens is 420 g/mol. The maximum absolute atomic E-state index is 14.7. The van der Waals surface area contributed by atoms with Crippen LogP contribution in [0.5, 0.6) is 11.6 Å². The lowest BCUT2D eigenvalue weighted by Crippen LogP contribution is -1.97. The fourth-order valence-corrected chi connectivity index (χ4v) is 3.84. The van der Waals surface area contributed by atoms with E-state index in [2.05, 4.69) is 25.3 Å². The van der Waals surface area contributed by atoms with Gasteiger partial charge in [0.1, 0.15) is 17.3 Å². The second-order valence-electron chi connectivity index (χ2n) is 6.43. The molecule has 0 aliphatic rings. The van der Waals surface area contributed by atoms with Crippen LogP contribution in [0, 0.1) is 11.8 Å². The van der Waals surface area contributed by atoms with Crippen molar-refractivity contribution in [2.45, 2.75) is 0 Å². The number of nitrogens with one attached hydrogen (secondary N) is 1. The highest BCUT2D eigenvalue weighted by atomic mass is 32.1. The maximum Gasteiger partial charge on any atom is 0.246 e. The van der Waals surface area contributed by atoms with Crippen molar-refractivity contribution < 1.29 is 13.5 Å². The number of aromatic nitrogens is 4. The van der Waals surface area contributed by atoms with Gasteiger partial charge in [-0.1, -0.05) is 23.5 Å². The van der Waals surface area contributed by atoms with Crippen LogP contribution in [0.15, 0.2) is 73.2 Å². The summed E-state index contributed by atoms with van der Waals surface area (Å²) in [6, 6.07) is 14.9. The van der Waals surface area contributed by atoms with Gasteiger partial charge in [-0.3, -0.25) is 0 Å². The third kappa shape index (κ3) is 4.03. The van der Waals surface area contributed by atoms with Crippen molar-refractivity contribution in [2.75, 3.05) is 5.32 Å². The highest BCUT2D eigenvalue weighted by molar-refractivity contribution is 7.22. The van der Waals surface area contributed by atoms with Crippen LogP contribution < -0.4 is 10.1 Å². The van der Waals surface area contributed by atoms with Crippen LogP contribution in [-0.4, -0.2) is 19.9 Å². The average molecular weight is 433 g/mol. The van der Waals surface area contributed by atoms with Crippen LogP contribution in [0.3, 0.4) is 0 Å². The van der Waals surface area contributed by atoms with Crippen LogP contribution in [0.4, 0.5) is 19.6 Å². The van der Waals surface area contributed by atoms with Crippen molar-refractivity contribution in [3.63, 3.8) is 0 Å². The molecule has 0 aliphatic carbocycles. The molecule has 1 N–H and O–H groups in total. The van der Waals surface area contributed by atoms with Crippen LogP contribution in [0.1, 0.15) is 0 Å². The number of rotatable bonds is 5. The molecule has 0 fully saturated rings. The van der Waals surface area contributed by atoms with E-state index in [-0.39, 0.29) is 17.3 Å². The summed E-state index contributed by atoms with van der Waals surface area (Å²) in [4.78, 5) is 16.3. The fourth-order valence-electron chi connectivity index (χ4n) is 2.96. The lowest BCUT2D eigenvalue weighted by molar-refractivity contribution is 0.458. The average Bonchev–Trinajstić information content (AvgIpc) is 3.18. The number of thiazole rings is 1. The Balaban J connectivity index is 1.40. The van der Waals surface area contributed by atoms with Crippen LogP contribution in [-0.2, 0) is 0 Å². The van der Waals surface area contributed by atoms with E-state index >= 15 is 0 Å². The number of pyridine rings is 1. The molecule has 5 rings (SSSR count). The van der Waals surface area contributed by atoms with E-state index in [0.717, 1.165) is 10.2 Å². The summed E-state index contributed by atoms with van der Waals surface area (Å²) >= 11 is 1.43. The maximum atomic E-state index is 14.7. The van der Waals surface area contributed by atoms with E-state index in [1.54, 1.807) is 18.2 Å². The molecule has 0 spiro atoms. The summed E-state index contributed by atoms with van der Waals surface area (Å²) in [6.07, 6.45) is 4.23. The van der Waals surface area contributed by atoms with Crippen LogP contribution >= 0.6 is 11.3 Å². The lowest BCUT2D eigenvalue weighted by atomic mass is 10.2. The highest BCUT2D eigenvalue weighted by Crippen LogP contribution is 2.33. The van der Waals surface area contributed by atoms with Gasteiger partial charge in [0.15, 0.2) is 5.13 Å². The number of para-hydroxylation sites is 1. The quantitative estimate of drug-likeness (QED) is 0.345. The predicted octanol–water partition coefficient (Wildman–Crippen LogP) is 5.96. The number of anilines is 2. The zero-order chi connectivity index (χ0) is 21.2. The Hall–Kier alpha value is -3.98. The molecule has 5 aromatic rings. The van der Waals surface area contributed by atoms with E-state index < -0.39 is 11.8 Å². The SMILES string of the molecule is Fc1cc(-c2nccnc2Oc2ccc(Nc3nc4ccccc4s3)c(F)c2)ccn1. The van der Waals surface area contributed by atoms with Gasteiger partial charge >= 0.3 is 0 Å². The zero-order valence-corrected chi connectivity index (χ0v) is 16.6. The first-order valence-corrected chi connectivity index (χ1v) is 10.0. The van der Waals surface area contributed by atoms with Crippen molar-refractivity contribution >= 4 is 32.4 Å². The Morgan fingerprint density at radius 1 is 0.871 bits per heavy atom. The number of hydrogen-bond donors (Lipinski definition) is 1. The number of halogens is 2. The van der Waals surface area contributed by atoms with Gasteiger partial charge in [-0.15, -0.1) is 0 Å². The van der Waals surface area contributed by atoms with E-state index in [1.807, 2.05) is 24.3 Å². The molecule has 0 unspecified atom stereocenters. The minimum Gasteiger partial charge on any atom is -0.437 e. The van der Waals surface area contributed by atoms with Gasteiger partial charge in [-0.25, -0.2) is 24.3 Å². The normalized spacial score (nSPS) is 10.9. The summed E-state index contributed by atoms with van der Waals surface area (Å²) < 4.78 is 35.0. The summed E-state index contributed by atoms with van der Waals surface area (Å²) in [5, 5.41) is 3.58. The summed E-state index contributed by atoms with van der Waals surface area (Å²) in [6.45, 7) is 0. The van der Waals surface area contributed by atoms with Gasteiger partial charge < -0.3 is 10.1 Å². The van der Waals surface area contributed by atoms with Crippen molar-refractivity contribution in [3.05, 3.63) is 85.0 Å². The zero-order valence-electron chi connectivity index (χ0n) is 15.8. The molecule has 0 bridgehead atoms. The fraction of sp³-hybridized carbons (Fsp3) is 0. The van der Waals surface area contributed by atoms with Crippen LogP contribution in [0.2, 0.25) is 0 Å².